The van der Waals surface area contributed by atoms with Crippen LogP contribution in [0.25, 0.3) is 0 Å². The number of hydrogen-bond donors (Lipinski definition) is 1. The van der Waals surface area contributed by atoms with Gasteiger partial charge < -0.3 is 15.1 Å². The highest BCUT2D eigenvalue weighted by atomic mass is 16.2. The molecule has 3 heterocycles. The Bertz CT molecular complexity index is 785. The van der Waals surface area contributed by atoms with Gasteiger partial charge in [-0.05, 0) is 41.0 Å². The number of nitrogens with one attached hydrogen (secondary N) is 1. The number of likely N-dealkylation sites (tertiary alicyclic amines) is 1. The van der Waals surface area contributed by atoms with Crippen LogP contribution < -0.4 is 5.32 Å². The fraction of sp³-hybridized carbons (Fsp3) is 0.500. The number of piperazine rings is 1. The third-order valence-electron chi connectivity index (χ3n) is 5.14. The van der Waals surface area contributed by atoms with E-state index in [1.54, 1.807) is 28.0 Å². The first-order chi connectivity index (χ1) is 13.2. The van der Waals surface area contributed by atoms with E-state index in [1.165, 1.54) is 0 Å². The molecular weight excluding hydrogens is 346 g/mol. The number of carbonyl (C=O) groups excluding carboxylic acids is 2. The summed E-state index contributed by atoms with van der Waals surface area (Å²) in [6.07, 6.45) is 3.64. The van der Waals surface area contributed by atoms with Crippen molar-refractivity contribution < 1.29 is 9.59 Å². The second kappa shape index (κ2) is 7.83. The summed E-state index contributed by atoms with van der Waals surface area (Å²) in [6.45, 7) is 3.89. The maximum absolute atomic E-state index is 13.0. The zero-order chi connectivity index (χ0) is 18.6. The third kappa shape index (κ3) is 3.82. The molecule has 9 nitrogen and oxygen atoms in total. The van der Waals surface area contributed by atoms with Crippen molar-refractivity contribution in [2.24, 2.45) is 0 Å². The van der Waals surface area contributed by atoms with Crippen LogP contribution in [-0.2, 0) is 11.3 Å². The van der Waals surface area contributed by atoms with E-state index in [0.29, 0.717) is 31.7 Å². The molecule has 2 aliphatic rings. The Morgan fingerprint density at radius 1 is 1.11 bits per heavy atom. The molecule has 2 aromatic rings. The van der Waals surface area contributed by atoms with Gasteiger partial charge in [-0.15, -0.1) is 5.10 Å². The molecule has 4 rings (SSSR count). The van der Waals surface area contributed by atoms with Gasteiger partial charge in [-0.3, -0.25) is 9.59 Å². The molecule has 0 saturated carbocycles. The smallest absolute Gasteiger partial charge is 0.254 e. The summed E-state index contributed by atoms with van der Waals surface area (Å²) in [5.41, 5.74) is 1.60. The van der Waals surface area contributed by atoms with Crippen molar-refractivity contribution in [3.63, 3.8) is 0 Å². The van der Waals surface area contributed by atoms with Gasteiger partial charge in [0.05, 0.1) is 6.54 Å². The van der Waals surface area contributed by atoms with Gasteiger partial charge in [-0.1, -0.05) is 12.1 Å². The summed E-state index contributed by atoms with van der Waals surface area (Å²) < 4.78 is 1.62. The van der Waals surface area contributed by atoms with Crippen LogP contribution in [-0.4, -0.2) is 80.6 Å². The van der Waals surface area contributed by atoms with Crippen LogP contribution in [0.15, 0.2) is 30.6 Å². The SMILES string of the molecule is O=C([C@H]1CNCCN1C(=O)c1ccc(Cn2cnnn2)cc1)N1CCCC1. The maximum Gasteiger partial charge on any atom is 0.254 e. The number of tetrazole rings is 1. The zero-order valence-electron chi connectivity index (χ0n) is 15.1. The summed E-state index contributed by atoms with van der Waals surface area (Å²) in [4.78, 5) is 29.5. The molecule has 1 N–H and O–H groups in total. The van der Waals surface area contributed by atoms with Crippen molar-refractivity contribution in [2.75, 3.05) is 32.7 Å². The van der Waals surface area contributed by atoms with Crippen LogP contribution in [0.2, 0.25) is 0 Å². The largest absolute Gasteiger partial charge is 0.341 e. The van der Waals surface area contributed by atoms with Gasteiger partial charge in [0.15, 0.2) is 0 Å². The number of rotatable bonds is 4. The van der Waals surface area contributed by atoms with Crippen molar-refractivity contribution >= 4 is 11.8 Å². The van der Waals surface area contributed by atoms with E-state index in [9.17, 15) is 9.59 Å². The normalized spacial score (nSPS) is 20.1. The number of benzene rings is 1. The lowest BCUT2D eigenvalue weighted by Crippen LogP contribution is -2.59. The highest BCUT2D eigenvalue weighted by molar-refractivity contribution is 5.98. The minimum atomic E-state index is -0.426. The average Bonchev–Trinajstić information content (AvgIpc) is 3.42. The van der Waals surface area contributed by atoms with E-state index in [4.69, 9.17) is 0 Å². The van der Waals surface area contributed by atoms with Crippen LogP contribution in [0.5, 0.6) is 0 Å². The Morgan fingerprint density at radius 3 is 2.59 bits per heavy atom. The monoisotopic (exact) mass is 369 g/mol. The van der Waals surface area contributed by atoms with Gasteiger partial charge in [0, 0.05) is 38.3 Å². The van der Waals surface area contributed by atoms with Crippen molar-refractivity contribution in [3.05, 3.63) is 41.7 Å². The highest BCUT2D eigenvalue weighted by Gasteiger charge is 2.35. The predicted octanol–water partition coefficient (Wildman–Crippen LogP) is -0.242. The quantitative estimate of drug-likeness (QED) is 0.799. The van der Waals surface area contributed by atoms with Crippen LogP contribution >= 0.6 is 0 Å². The van der Waals surface area contributed by atoms with E-state index >= 15 is 0 Å². The van der Waals surface area contributed by atoms with E-state index in [-0.39, 0.29) is 11.8 Å². The van der Waals surface area contributed by atoms with Gasteiger partial charge in [-0.25, -0.2) is 4.68 Å². The minimum absolute atomic E-state index is 0.0587. The maximum atomic E-state index is 13.0. The molecule has 2 saturated heterocycles. The molecule has 2 fully saturated rings. The molecule has 1 aromatic heterocycles. The fourth-order valence-electron chi connectivity index (χ4n) is 3.67. The first kappa shape index (κ1) is 17.6. The Labute approximate surface area is 157 Å². The van der Waals surface area contributed by atoms with Gasteiger partial charge in [-0.2, -0.15) is 0 Å². The predicted molar refractivity (Wildman–Crippen MR) is 96.9 cm³/mol. The Hall–Kier alpha value is -2.81. The van der Waals surface area contributed by atoms with Crippen molar-refractivity contribution in [1.82, 2.24) is 35.3 Å². The van der Waals surface area contributed by atoms with Gasteiger partial charge in [0.2, 0.25) is 5.91 Å². The van der Waals surface area contributed by atoms with Crippen LogP contribution in [0.4, 0.5) is 0 Å². The topological polar surface area (TPSA) is 96.2 Å². The third-order valence-corrected chi connectivity index (χ3v) is 5.14. The molecule has 0 radical (unpaired) electrons. The van der Waals surface area contributed by atoms with E-state index in [0.717, 1.165) is 31.5 Å². The van der Waals surface area contributed by atoms with E-state index in [1.807, 2.05) is 17.0 Å². The minimum Gasteiger partial charge on any atom is -0.341 e. The molecule has 2 amide bonds. The Balaban J connectivity index is 1.47. The lowest BCUT2D eigenvalue weighted by molar-refractivity contribution is -0.135. The molecule has 0 spiro atoms. The molecule has 0 bridgehead atoms. The lowest BCUT2D eigenvalue weighted by atomic mass is 10.1. The zero-order valence-corrected chi connectivity index (χ0v) is 15.1. The summed E-state index contributed by atoms with van der Waals surface area (Å²) in [5, 5.41) is 14.3. The van der Waals surface area contributed by atoms with Crippen molar-refractivity contribution in [2.45, 2.75) is 25.4 Å². The molecule has 1 aromatic carbocycles. The number of aromatic nitrogens is 4. The van der Waals surface area contributed by atoms with Crippen LogP contribution in [0.1, 0.15) is 28.8 Å². The molecule has 142 valence electrons. The number of carbonyl (C=O) groups is 2. The summed E-state index contributed by atoms with van der Waals surface area (Å²) in [5.74, 6) is -0.0358. The number of hydrogen-bond acceptors (Lipinski definition) is 6. The summed E-state index contributed by atoms with van der Waals surface area (Å²) >= 11 is 0. The molecule has 0 aliphatic carbocycles. The summed E-state index contributed by atoms with van der Waals surface area (Å²) in [7, 11) is 0. The first-order valence-corrected chi connectivity index (χ1v) is 9.32. The molecule has 9 heteroatoms. The Kier molecular flexibility index (Phi) is 5.10. The molecule has 2 aliphatic heterocycles. The van der Waals surface area contributed by atoms with E-state index < -0.39 is 6.04 Å². The lowest BCUT2D eigenvalue weighted by Gasteiger charge is -2.37. The summed E-state index contributed by atoms with van der Waals surface area (Å²) in [6, 6.07) is 6.98. The standard InChI is InChI=1S/C18H23N7O2/c26-17(15-5-3-14(4-6-15)12-24-13-20-21-22-24)25-10-7-19-11-16(25)18(27)23-8-1-2-9-23/h3-6,13,16,19H,1-2,7-12H2/t16-/m1/s1. The average molecular weight is 369 g/mol. The second-order valence-electron chi connectivity index (χ2n) is 6.96. The first-order valence-electron chi connectivity index (χ1n) is 9.32. The molecule has 1 atom stereocenters. The number of nitrogens with zero attached hydrogens (tertiary/aromatic N) is 6. The van der Waals surface area contributed by atoms with Crippen molar-refractivity contribution in [1.29, 1.82) is 0 Å². The van der Waals surface area contributed by atoms with Gasteiger partial charge in [0.1, 0.15) is 12.4 Å². The van der Waals surface area contributed by atoms with E-state index in [2.05, 4.69) is 20.8 Å². The molecule has 0 unspecified atom stereocenters. The molecular formula is C18H23N7O2. The molecule has 27 heavy (non-hydrogen) atoms. The van der Waals surface area contributed by atoms with Crippen molar-refractivity contribution in [3.8, 4) is 0 Å². The number of amides is 2. The van der Waals surface area contributed by atoms with Gasteiger partial charge in [0.25, 0.3) is 5.91 Å². The fourth-order valence-corrected chi connectivity index (χ4v) is 3.67. The Morgan fingerprint density at radius 2 is 1.89 bits per heavy atom. The van der Waals surface area contributed by atoms with Crippen LogP contribution in [0.3, 0.4) is 0 Å². The van der Waals surface area contributed by atoms with Gasteiger partial charge >= 0.3 is 0 Å². The second-order valence-corrected chi connectivity index (χ2v) is 6.96. The van der Waals surface area contributed by atoms with Crippen LogP contribution in [0, 0.1) is 0 Å². The highest BCUT2D eigenvalue weighted by Crippen LogP contribution is 2.17.